The zero-order valence-corrected chi connectivity index (χ0v) is 12.8. The van der Waals surface area contributed by atoms with Gasteiger partial charge in [-0.1, -0.05) is 36.6 Å². The first-order valence-corrected chi connectivity index (χ1v) is 7.76. The molecule has 1 aromatic carbocycles. The SMILES string of the molecule is O=C(NC1CCCCC1)c1nc(-c2ccc(C(F)(F)F)cc2)no1. The highest BCUT2D eigenvalue weighted by molar-refractivity contribution is 5.90. The Morgan fingerprint density at radius 3 is 2.42 bits per heavy atom. The van der Waals surface area contributed by atoms with E-state index in [1.165, 1.54) is 18.6 Å². The van der Waals surface area contributed by atoms with Crippen LogP contribution in [0.4, 0.5) is 13.2 Å². The van der Waals surface area contributed by atoms with E-state index in [4.69, 9.17) is 4.52 Å². The molecular formula is C16H16F3N3O2. The molecule has 1 aromatic heterocycles. The molecule has 8 heteroatoms. The highest BCUT2D eigenvalue weighted by Gasteiger charge is 2.30. The highest BCUT2D eigenvalue weighted by Crippen LogP contribution is 2.30. The molecule has 0 radical (unpaired) electrons. The van der Waals surface area contributed by atoms with E-state index in [9.17, 15) is 18.0 Å². The lowest BCUT2D eigenvalue weighted by atomic mass is 9.95. The Kier molecular flexibility index (Phi) is 4.55. The summed E-state index contributed by atoms with van der Waals surface area (Å²) in [5, 5.41) is 6.51. The Bertz CT molecular complexity index is 704. The minimum absolute atomic E-state index is 0.0810. The molecule has 1 aliphatic rings. The third-order valence-corrected chi connectivity index (χ3v) is 4.03. The van der Waals surface area contributed by atoms with E-state index in [0.717, 1.165) is 37.8 Å². The fourth-order valence-electron chi connectivity index (χ4n) is 2.74. The molecule has 0 spiro atoms. The molecule has 1 fully saturated rings. The van der Waals surface area contributed by atoms with Gasteiger partial charge in [-0.25, -0.2) is 0 Å². The summed E-state index contributed by atoms with van der Waals surface area (Å²) in [5.41, 5.74) is -0.409. The second kappa shape index (κ2) is 6.62. The number of nitrogens with zero attached hydrogens (tertiary/aromatic N) is 2. The Balaban J connectivity index is 1.69. The number of nitrogens with one attached hydrogen (secondary N) is 1. The Hall–Kier alpha value is -2.38. The molecule has 0 bridgehead atoms. The van der Waals surface area contributed by atoms with Crippen LogP contribution in [0.25, 0.3) is 11.4 Å². The third kappa shape index (κ3) is 3.74. The standard InChI is InChI=1S/C16H16F3N3O2/c17-16(18,19)11-8-6-10(7-9-11)13-21-15(24-22-13)14(23)20-12-4-2-1-3-5-12/h6-9,12H,1-5H2,(H,20,23). The molecule has 1 N–H and O–H groups in total. The van der Waals surface area contributed by atoms with Crippen molar-refractivity contribution in [3.05, 3.63) is 35.7 Å². The monoisotopic (exact) mass is 339 g/mol. The number of hydrogen-bond acceptors (Lipinski definition) is 4. The normalized spacial score (nSPS) is 16.1. The van der Waals surface area contributed by atoms with Crippen molar-refractivity contribution < 1.29 is 22.5 Å². The van der Waals surface area contributed by atoms with Crippen molar-refractivity contribution in [2.24, 2.45) is 0 Å². The van der Waals surface area contributed by atoms with Crippen molar-refractivity contribution >= 4 is 5.91 Å². The van der Waals surface area contributed by atoms with Crippen LogP contribution in [-0.2, 0) is 6.18 Å². The minimum Gasteiger partial charge on any atom is -0.345 e. The van der Waals surface area contributed by atoms with Crippen LogP contribution in [-0.4, -0.2) is 22.1 Å². The van der Waals surface area contributed by atoms with Gasteiger partial charge in [0.1, 0.15) is 0 Å². The smallest absolute Gasteiger partial charge is 0.345 e. The Morgan fingerprint density at radius 2 is 1.79 bits per heavy atom. The van der Waals surface area contributed by atoms with Gasteiger partial charge in [0.2, 0.25) is 5.82 Å². The fourth-order valence-corrected chi connectivity index (χ4v) is 2.74. The molecule has 1 amide bonds. The van der Waals surface area contributed by atoms with Gasteiger partial charge in [0, 0.05) is 11.6 Å². The largest absolute Gasteiger partial charge is 0.416 e. The van der Waals surface area contributed by atoms with E-state index < -0.39 is 17.6 Å². The predicted molar refractivity (Wildman–Crippen MR) is 79.1 cm³/mol. The van der Waals surface area contributed by atoms with Crippen LogP contribution < -0.4 is 5.32 Å². The molecule has 1 aliphatic carbocycles. The van der Waals surface area contributed by atoms with Crippen LogP contribution in [0, 0.1) is 0 Å². The molecule has 128 valence electrons. The van der Waals surface area contributed by atoms with Crippen LogP contribution in [0.1, 0.15) is 48.4 Å². The number of carbonyl (C=O) groups excluding carboxylic acids is 1. The summed E-state index contributed by atoms with van der Waals surface area (Å²) in [6.07, 6.45) is 0.764. The Morgan fingerprint density at radius 1 is 1.12 bits per heavy atom. The molecule has 24 heavy (non-hydrogen) atoms. The maximum Gasteiger partial charge on any atom is 0.416 e. The summed E-state index contributed by atoms with van der Waals surface area (Å²) in [5.74, 6) is -0.555. The van der Waals surface area contributed by atoms with Crippen molar-refractivity contribution in [1.82, 2.24) is 15.5 Å². The summed E-state index contributed by atoms with van der Waals surface area (Å²) in [4.78, 5) is 16.1. The number of rotatable bonds is 3. The van der Waals surface area contributed by atoms with Gasteiger partial charge in [0.15, 0.2) is 0 Å². The molecule has 0 atom stereocenters. The maximum absolute atomic E-state index is 12.6. The summed E-state index contributed by atoms with van der Waals surface area (Å²) < 4.78 is 42.6. The summed E-state index contributed by atoms with van der Waals surface area (Å²) in [7, 11) is 0. The lowest BCUT2D eigenvalue weighted by Crippen LogP contribution is -2.36. The van der Waals surface area contributed by atoms with Crippen LogP contribution in [0.3, 0.4) is 0 Å². The first kappa shape index (κ1) is 16.5. The molecule has 5 nitrogen and oxygen atoms in total. The maximum atomic E-state index is 12.6. The number of carbonyl (C=O) groups is 1. The molecule has 2 aromatic rings. The van der Waals surface area contributed by atoms with E-state index in [1.807, 2.05) is 0 Å². The number of aromatic nitrogens is 2. The van der Waals surface area contributed by atoms with E-state index in [-0.39, 0.29) is 17.8 Å². The van der Waals surface area contributed by atoms with Gasteiger partial charge < -0.3 is 9.84 Å². The van der Waals surface area contributed by atoms with Crippen LogP contribution in [0.5, 0.6) is 0 Å². The van der Waals surface area contributed by atoms with Crippen molar-refractivity contribution in [1.29, 1.82) is 0 Å². The topological polar surface area (TPSA) is 68.0 Å². The van der Waals surface area contributed by atoms with Gasteiger partial charge in [-0.2, -0.15) is 18.2 Å². The van der Waals surface area contributed by atoms with Crippen LogP contribution >= 0.6 is 0 Å². The number of benzene rings is 1. The van der Waals surface area contributed by atoms with Crippen molar-refractivity contribution in [3.8, 4) is 11.4 Å². The number of alkyl halides is 3. The third-order valence-electron chi connectivity index (χ3n) is 4.03. The van der Waals surface area contributed by atoms with Crippen LogP contribution in [0.2, 0.25) is 0 Å². The summed E-state index contributed by atoms with van der Waals surface area (Å²) in [6, 6.07) is 4.47. The van der Waals surface area contributed by atoms with Gasteiger partial charge in [-0.05, 0) is 25.0 Å². The number of halogens is 3. The average Bonchev–Trinajstić information content (AvgIpc) is 3.05. The lowest BCUT2D eigenvalue weighted by molar-refractivity contribution is -0.137. The van der Waals surface area contributed by atoms with Crippen molar-refractivity contribution in [3.63, 3.8) is 0 Å². The molecule has 0 saturated heterocycles. The number of amides is 1. The van der Waals surface area contributed by atoms with Gasteiger partial charge in [-0.3, -0.25) is 4.79 Å². The van der Waals surface area contributed by atoms with Gasteiger partial charge in [0.05, 0.1) is 5.56 Å². The highest BCUT2D eigenvalue weighted by atomic mass is 19.4. The molecule has 0 aliphatic heterocycles. The van der Waals surface area contributed by atoms with Crippen LogP contribution in [0.15, 0.2) is 28.8 Å². The first-order chi connectivity index (χ1) is 11.4. The Labute approximate surface area is 136 Å². The number of hydrogen-bond donors (Lipinski definition) is 1. The first-order valence-electron chi connectivity index (χ1n) is 7.76. The summed E-state index contributed by atoms with van der Waals surface area (Å²) >= 11 is 0. The van der Waals surface area contributed by atoms with Crippen molar-refractivity contribution in [2.45, 2.75) is 44.3 Å². The average molecular weight is 339 g/mol. The fraction of sp³-hybridized carbons (Fsp3) is 0.438. The second-order valence-corrected chi connectivity index (χ2v) is 5.81. The van der Waals surface area contributed by atoms with E-state index in [2.05, 4.69) is 15.5 Å². The zero-order valence-electron chi connectivity index (χ0n) is 12.8. The van der Waals surface area contributed by atoms with Gasteiger partial charge >= 0.3 is 18.0 Å². The summed E-state index contributed by atoms with van der Waals surface area (Å²) in [6.45, 7) is 0. The predicted octanol–water partition coefficient (Wildman–Crippen LogP) is 3.82. The lowest BCUT2D eigenvalue weighted by Gasteiger charge is -2.21. The molecule has 1 saturated carbocycles. The molecule has 0 unspecified atom stereocenters. The molecule has 3 rings (SSSR count). The molecule has 1 heterocycles. The van der Waals surface area contributed by atoms with Gasteiger partial charge in [-0.15, -0.1) is 0 Å². The second-order valence-electron chi connectivity index (χ2n) is 5.81. The zero-order chi connectivity index (χ0) is 17.2. The van der Waals surface area contributed by atoms with Crippen molar-refractivity contribution in [2.75, 3.05) is 0 Å². The van der Waals surface area contributed by atoms with E-state index in [1.54, 1.807) is 0 Å². The van der Waals surface area contributed by atoms with E-state index in [0.29, 0.717) is 5.56 Å². The van der Waals surface area contributed by atoms with Gasteiger partial charge in [0.25, 0.3) is 0 Å². The van der Waals surface area contributed by atoms with E-state index >= 15 is 0 Å². The minimum atomic E-state index is -4.40. The molecular weight excluding hydrogens is 323 g/mol. The quantitative estimate of drug-likeness (QED) is 0.923.